The number of nitrogens with zero attached hydrogens (tertiary/aromatic N) is 5. The van der Waals surface area contributed by atoms with Crippen molar-refractivity contribution in [3.05, 3.63) is 48.0 Å². The molecule has 0 spiro atoms. The minimum atomic E-state index is -0.325. The van der Waals surface area contributed by atoms with Crippen molar-refractivity contribution in [3.63, 3.8) is 0 Å². The van der Waals surface area contributed by atoms with Crippen molar-refractivity contribution in [2.24, 2.45) is 5.92 Å². The summed E-state index contributed by atoms with van der Waals surface area (Å²) in [6.07, 6.45) is 6.83. The summed E-state index contributed by atoms with van der Waals surface area (Å²) in [5.41, 5.74) is 7.26. The van der Waals surface area contributed by atoms with Crippen molar-refractivity contribution >= 4 is 17.8 Å². The Morgan fingerprint density at radius 1 is 1.28 bits per heavy atom. The van der Waals surface area contributed by atoms with E-state index in [9.17, 15) is 9.59 Å². The van der Waals surface area contributed by atoms with E-state index in [0.29, 0.717) is 19.6 Å². The number of carbonyl (C=O) groups is 2. The molecule has 2 aromatic heterocycles. The predicted molar refractivity (Wildman–Crippen MR) is 90.7 cm³/mol. The lowest BCUT2D eigenvalue weighted by molar-refractivity contribution is -0.135. The minimum absolute atomic E-state index is 0.000574. The van der Waals surface area contributed by atoms with Gasteiger partial charge in [-0.1, -0.05) is 0 Å². The second-order valence-corrected chi connectivity index (χ2v) is 6.17. The monoisotopic (exact) mass is 340 g/mol. The molecule has 1 atom stereocenters. The summed E-state index contributed by atoms with van der Waals surface area (Å²) >= 11 is 0. The highest BCUT2D eigenvalue weighted by Gasteiger charge is 2.35. The summed E-state index contributed by atoms with van der Waals surface area (Å²) in [6.45, 7) is 1.32. The first-order valence-corrected chi connectivity index (χ1v) is 8.01. The Hall–Kier alpha value is -3.03. The molecule has 2 aromatic rings. The zero-order chi connectivity index (χ0) is 17.8. The number of anilines is 1. The van der Waals surface area contributed by atoms with Crippen LogP contribution in [-0.4, -0.2) is 50.2 Å². The Balaban J connectivity index is 1.59. The maximum Gasteiger partial charge on any atom is 0.228 e. The van der Waals surface area contributed by atoms with Crippen LogP contribution in [0, 0.1) is 5.92 Å². The third-order valence-corrected chi connectivity index (χ3v) is 4.21. The summed E-state index contributed by atoms with van der Waals surface area (Å²) in [5, 5.41) is 0. The highest BCUT2D eigenvalue weighted by atomic mass is 16.2. The molecule has 130 valence electrons. The minimum Gasteiger partial charge on any atom is -0.368 e. The highest BCUT2D eigenvalue weighted by molar-refractivity contribution is 5.89. The maximum absolute atomic E-state index is 12.6. The average Bonchev–Trinajstić information content (AvgIpc) is 2.98. The van der Waals surface area contributed by atoms with Crippen molar-refractivity contribution in [1.82, 2.24) is 24.8 Å². The van der Waals surface area contributed by atoms with E-state index >= 15 is 0 Å². The summed E-state index contributed by atoms with van der Waals surface area (Å²) < 4.78 is 0. The van der Waals surface area contributed by atoms with Gasteiger partial charge in [-0.25, -0.2) is 9.97 Å². The van der Waals surface area contributed by atoms with Gasteiger partial charge in [0.15, 0.2) is 0 Å². The van der Waals surface area contributed by atoms with Crippen LogP contribution < -0.4 is 5.73 Å². The number of hydrogen-bond donors (Lipinski definition) is 1. The number of amides is 2. The molecule has 0 radical (unpaired) electrons. The zero-order valence-corrected chi connectivity index (χ0v) is 14.0. The Morgan fingerprint density at radius 3 is 2.64 bits per heavy atom. The van der Waals surface area contributed by atoms with E-state index in [2.05, 4.69) is 15.0 Å². The molecule has 8 nitrogen and oxygen atoms in total. The fourth-order valence-electron chi connectivity index (χ4n) is 2.91. The van der Waals surface area contributed by atoms with Crippen molar-refractivity contribution in [2.75, 3.05) is 19.3 Å². The SMILES string of the molecule is CN(Cc1cnc(N)nc1)C(=O)[C@@H]1CC(=O)N(Cc2ccncc2)C1. The van der Waals surface area contributed by atoms with Crippen LogP contribution in [0.4, 0.5) is 5.95 Å². The van der Waals surface area contributed by atoms with Gasteiger partial charge in [0.25, 0.3) is 0 Å². The molecule has 8 heteroatoms. The molecule has 2 amide bonds. The Morgan fingerprint density at radius 2 is 1.96 bits per heavy atom. The van der Waals surface area contributed by atoms with Gasteiger partial charge in [-0.2, -0.15) is 0 Å². The molecule has 0 saturated carbocycles. The van der Waals surface area contributed by atoms with Gasteiger partial charge < -0.3 is 15.5 Å². The van der Waals surface area contributed by atoms with Crippen LogP contribution in [0.15, 0.2) is 36.9 Å². The molecule has 1 aliphatic heterocycles. The Kier molecular flexibility index (Phi) is 4.87. The molecule has 0 bridgehead atoms. The first kappa shape index (κ1) is 16.8. The van der Waals surface area contributed by atoms with E-state index in [-0.39, 0.29) is 30.1 Å². The number of carbonyl (C=O) groups excluding carboxylic acids is 2. The number of likely N-dealkylation sites (tertiary alicyclic amines) is 1. The van der Waals surface area contributed by atoms with E-state index in [1.54, 1.807) is 41.6 Å². The first-order chi connectivity index (χ1) is 12.0. The standard InChI is InChI=1S/C17H20N6O2/c1-22(9-13-7-20-17(18)21-8-13)16(25)14-6-15(24)23(11-14)10-12-2-4-19-5-3-12/h2-5,7-8,14H,6,9-11H2,1H3,(H2,18,20,21)/t14-/m1/s1. The maximum atomic E-state index is 12.6. The molecule has 1 fully saturated rings. The van der Waals surface area contributed by atoms with Gasteiger partial charge in [-0.15, -0.1) is 0 Å². The van der Waals surface area contributed by atoms with Gasteiger partial charge in [-0.3, -0.25) is 14.6 Å². The molecular weight excluding hydrogens is 320 g/mol. The quantitative estimate of drug-likeness (QED) is 0.848. The van der Waals surface area contributed by atoms with Gasteiger partial charge in [-0.05, 0) is 17.7 Å². The van der Waals surface area contributed by atoms with E-state index < -0.39 is 0 Å². The summed E-state index contributed by atoms with van der Waals surface area (Å²) in [5.74, 6) is -0.179. The van der Waals surface area contributed by atoms with E-state index in [1.807, 2.05) is 12.1 Å². The van der Waals surface area contributed by atoms with Gasteiger partial charge in [0.1, 0.15) is 0 Å². The molecule has 0 unspecified atom stereocenters. The van der Waals surface area contributed by atoms with Crippen molar-refractivity contribution in [3.8, 4) is 0 Å². The number of aromatic nitrogens is 3. The smallest absolute Gasteiger partial charge is 0.228 e. The summed E-state index contributed by atoms with van der Waals surface area (Å²) in [7, 11) is 1.72. The highest BCUT2D eigenvalue weighted by Crippen LogP contribution is 2.22. The zero-order valence-electron chi connectivity index (χ0n) is 14.0. The largest absolute Gasteiger partial charge is 0.368 e. The van der Waals surface area contributed by atoms with Gasteiger partial charge in [0, 0.05) is 63.5 Å². The molecule has 1 aliphatic rings. The van der Waals surface area contributed by atoms with Crippen LogP contribution >= 0.6 is 0 Å². The van der Waals surface area contributed by atoms with Crippen LogP contribution in [0.1, 0.15) is 17.5 Å². The first-order valence-electron chi connectivity index (χ1n) is 8.01. The van der Waals surface area contributed by atoms with E-state index in [0.717, 1.165) is 11.1 Å². The fraction of sp³-hybridized carbons (Fsp3) is 0.353. The number of pyridine rings is 1. The van der Waals surface area contributed by atoms with Crippen LogP contribution in [0.5, 0.6) is 0 Å². The lowest BCUT2D eigenvalue weighted by atomic mass is 10.1. The third kappa shape index (κ3) is 4.09. The molecule has 0 aromatic carbocycles. The Bertz CT molecular complexity index is 749. The fourth-order valence-corrected chi connectivity index (χ4v) is 2.91. The summed E-state index contributed by atoms with van der Waals surface area (Å²) in [4.78, 5) is 40.0. The second kappa shape index (κ2) is 7.25. The van der Waals surface area contributed by atoms with Crippen LogP contribution in [0.25, 0.3) is 0 Å². The lowest BCUT2D eigenvalue weighted by Crippen LogP contribution is -2.34. The topological polar surface area (TPSA) is 105 Å². The number of rotatable bonds is 5. The van der Waals surface area contributed by atoms with Crippen molar-refractivity contribution in [2.45, 2.75) is 19.5 Å². The van der Waals surface area contributed by atoms with E-state index in [1.165, 1.54) is 0 Å². The van der Waals surface area contributed by atoms with Crippen LogP contribution in [0.3, 0.4) is 0 Å². The Labute approximate surface area is 145 Å². The molecule has 0 aliphatic carbocycles. The van der Waals surface area contributed by atoms with E-state index in [4.69, 9.17) is 5.73 Å². The normalized spacial score (nSPS) is 16.9. The third-order valence-electron chi connectivity index (χ3n) is 4.21. The van der Waals surface area contributed by atoms with Crippen LogP contribution in [0.2, 0.25) is 0 Å². The van der Waals surface area contributed by atoms with Crippen molar-refractivity contribution < 1.29 is 9.59 Å². The van der Waals surface area contributed by atoms with Gasteiger partial charge in [0.2, 0.25) is 17.8 Å². The second-order valence-electron chi connectivity index (χ2n) is 6.17. The lowest BCUT2D eigenvalue weighted by Gasteiger charge is -2.21. The van der Waals surface area contributed by atoms with Gasteiger partial charge >= 0.3 is 0 Å². The number of hydrogen-bond acceptors (Lipinski definition) is 6. The molecule has 2 N–H and O–H groups in total. The predicted octanol–water partition coefficient (Wildman–Crippen LogP) is 0.461. The molecule has 3 heterocycles. The number of nitrogens with two attached hydrogens (primary N) is 1. The molecule has 25 heavy (non-hydrogen) atoms. The average molecular weight is 340 g/mol. The van der Waals surface area contributed by atoms with Crippen molar-refractivity contribution in [1.29, 1.82) is 0 Å². The number of nitrogen functional groups attached to an aromatic ring is 1. The van der Waals surface area contributed by atoms with Crippen LogP contribution in [-0.2, 0) is 22.7 Å². The molecule has 3 rings (SSSR count). The molecular formula is C17H20N6O2. The summed E-state index contributed by atoms with van der Waals surface area (Å²) in [6, 6.07) is 3.74. The van der Waals surface area contributed by atoms with Gasteiger partial charge in [0.05, 0.1) is 5.92 Å². The molecule has 1 saturated heterocycles.